The molecule has 0 atom stereocenters. The number of para-hydroxylation sites is 2. The fourth-order valence-corrected chi connectivity index (χ4v) is 2.16. The normalized spacial score (nSPS) is 9.76. The first-order chi connectivity index (χ1) is 12.2. The Balaban J connectivity index is 1.87. The van der Waals surface area contributed by atoms with E-state index in [1.165, 1.54) is 0 Å². The van der Waals surface area contributed by atoms with E-state index in [4.69, 9.17) is 21.7 Å². The number of hydrogen-bond acceptors (Lipinski definition) is 4. The Morgan fingerprint density at radius 1 is 1.04 bits per heavy atom. The van der Waals surface area contributed by atoms with Crippen molar-refractivity contribution in [2.24, 2.45) is 0 Å². The predicted octanol–water partition coefficient (Wildman–Crippen LogP) is 2.93. The molecule has 0 unspecified atom stereocenters. The molecule has 0 radical (unpaired) electrons. The van der Waals surface area contributed by atoms with Crippen molar-refractivity contribution in [1.29, 1.82) is 0 Å². The first kappa shape index (κ1) is 18.5. The maximum atomic E-state index is 12.3. The van der Waals surface area contributed by atoms with Gasteiger partial charge in [0, 0.05) is 6.54 Å². The molecule has 0 fully saturated rings. The lowest BCUT2D eigenvalue weighted by molar-refractivity contribution is 0.0971. The molecule has 0 bridgehead atoms. The maximum absolute atomic E-state index is 12.3. The van der Waals surface area contributed by atoms with Gasteiger partial charge in [-0.2, -0.15) is 0 Å². The number of benzene rings is 2. The summed E-state index contributed by atoms with van der Waals surface area (Å²) in [6.45, 7) is 4.75. The third-order valence-electron chi connectivity index (χ3n) is 3.12. The highest BCUT2D eigenvalue weighted by atomic mass is 32.1. The Morgan fingerprint density at radius 3 is 2.48 bits per heavy atom. The first-order valence-electron chi connectivity index (χ1n) is 7.80. The van der Waals surface area contributed by atoms with Gasteiger partial charge < -0.3 is 14.8 Å². The molecule has 0 spiro atoms. The summed E-state index contributed by atoms with van der Waals surface area (Å²) in [5.41, 5.74) is 0.407. The molecule has 0 saturated carbocycles. The second-order valence-electron chi connectivity index (χ2n) is 4.96. The number of thiocarbonyl (C=S) groups is 1. The zero-order chi connectivity index (χ0) is 17.9. The Morgan fingerprint density at radius 2 is 1.72 bits per heavy atom. The van der Waals surface area contributed by atoms with E-state index in [2.05, 4.69) is 17.2 Å². The topological polar surface area (TPSA) is 59.6 Å². The standard InChI is InChI=1S/C19H20N2O3S/c1-2-12-20-19(25)21-18(22)16-10-6-7-11-17(16)24-14-13-23-15-8-4-3-5-9-15/h2-11H,1,12-14H2,(H2,20,21,22,25). The second-order valence-corrected chi connectivity index (χ2v) is 5.37. The van der Waals surface area contributed by atoms with Crippen molar-refractivity contribution in [2.45, 2.75) is 0 Å². The molecule has 1 amide bonds. The van der Waals surface area contributed by atoms with E-state index in [0.717, 1.165) is 5.75 Å². The molecule has 0 heterocycles. The fourth-order valence-electron chi connectivity index (χ4n) is 1.99. The fraction of sp³-hybridized carbons (Fsp3) is 0.158. The summed E-state index contributed by atoms with van der Waals surface area (Å²) in [7, 11) is 0. The SMILES string of the molecule is C=CCNC(=S)NC(=O)c1ccccc1OCCOc1ccccc1. The number of nitrogens with one attached hydrogen (secondary N) is 2. The maximum Gasteiger partial charge on any atom is 0.261 e. The minimum Gasteiger partial charge on any atom is -0.490 e. The monoisotopic (exact) mass is 356 g/mol. The lowest BCUT2D eigenvalue weighted by Crippen LogP contribution is -2.39. The van der Waals surface area contributed by atoms with Crippen LogP contribution >= 0.6 is 12.2 Å². The zero-order valence-electron chi connectivity index (χ0n) is 13.7. The molecular weight excluding hydrogens is 336 g/mol. The molecule has 25 heavy (non-hydrogen) atoms. The van der Waals surface area contributed by atoms with Crippen molar-refractivity contribution >= 4 is 23.2 Å². The summed E-state index contributed by atoms with van der Waals surface area (Å²) < 4.78 is 11.2. The number of amides is 1. The van der Waals surface area contributed by atoms with Crippen LogP contribution in [0.1, 0.15) is 10.4 Å². The lowest BCUT2D eigenvalue weighted by Gasteiger charge is -2.13. The summed E-state index contributed by atoms with van der Waals surface area (Å²) in [4.78, 5) is 12.3. The predicted molar refractivity (Wildman–Crippen MR) is 102 cm³/mol. The smallest absolute Gasteiger partial charge is 0.261 e. The largest absolute Gasteiger partial charge is 0.490 e. The Labute approximate surface area is 152 Å². The molecular formula is C19H20N2O3S. The minimum atomic E-state index is -0.332. The highest BCUT2D eigenvalue weighted by Crippen LogP contribution is 2.18. The minimum absolute atomic E-state index is 0.243. The number of carbonyl (C=O) groups excluding carboxylic acids is 1. The van der Waals surface area contributed by atoms with Crippen LogP contribution in [-0.2, 0) is 0 Å². The van der Waals surface area contributed by atoms with Gasteiger partial charge >= 0.3 is 0 Å². The van der Waals surface area contributed by atoms with Crippen LogP contribution in [0.25, 0.3) is 0 Å². The summed E-state index contributed by atoms with van der Waals surface area (Å²) >= 11 is 5.05. The molecule has 2 N–H and O–H groups in total. The van der Waals surface area contributed by atoms with Crippen molar-refractivity contribution in [3.05, 3.63) is 72.8 Å². The van der Waals surface area contributed by atoms with Gasteiger partial charge in [-0.1, -0.05) is 36.4 Å². The summed E-state index contributed by atoms with van der Waals surface area (Å²) in [5, 5.41) is 5.70. The van der Waals surface area contributed by atoms with Crippen LogP contribution in [0.4, 0.5) is 0 Å². The van der Waals surface area contributed by atoms with Crippen molar-refractivity contribution < 1.29 is 14.3 Å². The number of carbonyl (C=O) groups is 1. The molecule has 2 aromatic rings. The van der Waals surface area contributed by atoms with Crippen LogP contribution in [0, 0.1) is 0 Å². The molecule has 2 rings (SSSR count). The van der Waals surface area contributed by atoms with Crippen LogP contribution < -0.4 is 20.1 Å². The van der Waals surface area contributed by atoms with Crippen molar-refractivity contribution in [3.63, 3.8) is 0 Å². The highest BCUT2D eigenvalue weighted by molar-refractivity contribution is 7.80. The van der Waals surface area contributed by atoms with Gasteiger partial charge in [-0.25, -0.2) is 0 Å². The number of hydrogen-bond donors (Lipinski definition) is 2. The average Bonchev–Trinajstić information content (AvgIpc) is 2.64. The van der Waals surface area contributed by atoms with E-state index in [0.29, 0.717) is 31.1 Å². The Hall–Kier alpha value is -2.86. The van der Waals surface area contributed by atoms with Gasteiger partial charge in [0.15, 0.2) is 5.11 Å². The van der Waals surface area contributed by atoms with E-state index in [-0.39, 0.29) is 11.0 Å². The van der Waals surface area contributed by atoms with Gasteiger partial charge in [-0.15, -0.1) is 6.58 Å². The molecule has 130 valence electrons. The molecule has 0 aliphatic heterocycles. The molecule has 0 aliphatic carbocycles. The quantitative estimate of drug-likeness (QED) is 0.433. The third-order valence-corrected chi connectivity index (χ3v) is 3.36. The molecule has 5 nitrogen and oxygen atoms in total. The van der Waals surface area contributed by atoms with E-state index < -0.39 is 0 Å². The summed E-state index contributed by atoms with van der Waals surface area (Å²) in [6.07, 6.45) is 1.66. The number of rotatable bonds is 8. The van der Waals surface area contributed by atoms with Crippen LogP contribution in [0.5, 0.6) is 11.5 Å². The van der Waals surface area contributed by atoms with Gasteiger partial charge in [0.2, 0.25) is 0 Å². The Bertz CT molecular complexity index is 720. The van der Waals surface area contributed by atoms with Gasteiger partial charge in [-0.05, 0) is 36.5 Å². The molecule has 0 saturated heterocycles. The van der Waals surface area contributed by atoms with Crippen molar-refractivity contribution in [3.8, 4) is 11.5 Å². The zero-order valence-corrected chi connectivity index (χ0v) is 14.6. The summed E-state index contributed by atoms with van der Waals surface area (Å²) in [5.74, 6) is 0.917. The van der Waals surface area contributed by atoms with Crippen molar-refractivity contribution in [2.75, 3.05) is 19.8 Å². The lowest BCUT2D eigenvalue weighted by atomic mass is 10.2. The first-order valence-corrected chi connectivity index (χ1v) is 8.21. The van der Waals surface area contributed by atoms with E-state index in [9.17, 15) is 4.79 Å². The molecule has 0 aromatic heterocycles. The van der Waals surface area contributed by atoms with Gasteiger partial charge in [0.05, 0.1) is 5.56 Å². The number of ether oxygens (including phenoxy) is 2. The van der Waals surface area contributed by atoms with Crippen molar-refractivity contribution in [1.82, 2.24) is 10.6 Å². The van der Waals surface area contributed by atoms with E-state index in [1.807, 2.05) is 30.3 Å². The van der Waals surface area contributed by atoms with Crippen LogP contribution in [-0.4, -0.2) is 30.8 Å². The second kappa shape index (κ2) is 10.1. The third kappa shape index (κ3) is 6.27. The average molecular weight is 356 g/mol. The van der Waals surface area contributed by atoms with Crippen LogP contribution in [0.3, 0.4) is 0 Å². The van der Waals surface area contributed by atoms with Crippen LogP contribution in [0.2, 0.25) is 0 Å². The highest BCUT2D eigenvalue weighted by Gasteiger charge is 2.13. The summed E-state index contributed by atoms with van der Waals surface area (Å²) in [6, 6.07) is 16.5. The molecule has 6 heteroatoms. The molecule has 0 aliphatic rings. The van der Waals surface area contributed by atoms with Gasteiger partial charge in [-0.3, -0.25) is 10.1 Å². The van der Waals surface area contributed by atoms with Gasteiger partial charge in [0.25, 0.3) is 5.91 Å². The molecule has 2 aromatic carbocycles. The Kier molecular flexibility index (Phi) is 7.46. The van der Waals surface area contributed by atoms with E-state index >= 15 is 0 Å². The van der Waals surface area contributed by atoms with Crippen LogP contribution in [0.15, 0.2) is 67.3 Å². The van der Waals surface area contributed by atoms with Gasteiger partial charge in [0.1, 0.15) is 24.7 Å². The van der Waals surface area contributed by atoms with E-state index in [1.54, 1.807) is 30.3 Å².